The Hall–Kier alpha value is -1.88. The molecule has 1 aromatic heterocycles. The van der Waals surface area contributed by atoms with Crippen molar-refractivity contribution in [2.45, 2.75) is 19.9 Å². The van der Waals surface area contributed by atoms with E-state index in [1.54, 1.807) is 11.3 Å². The Labute approximate surface area is 111 Å². The van der Waals surface area contributed by atoms with Gasteiger partial charge in [-0.2, -0.15) is 0 Å². The van der Waals surface area contributed by atoms with Gasteiger partial charge in [0.2, 0.25) is 0 Å². The Balaban J connectivity index is 2.04. The largest absolute Gasteiger partial charge is 0.370 e. The number of aliphatic imine (C=N–C) groups is 1. The predicted octanol–water partition coefficient (Wildman–Crippen LogP) is 2.94. The third-order valence-corrected chi connectivity index (χ3v) is 3.51. The Morgan fingerprint density at radius 1 is 1.39 bits per heavy atom. The molecule has 0 aliphatic heterocycles. The van der Waals surface area contributed by atoms with Crippen LogP contribution in [-0.2, 0) is 0 Å². The van der Waals surface area contributed by atoms with Crippen LogP contribution in [0.2, 0.25) is 0 Å². The highest BCUT2D eigenvalue weighted by molar-refractivity contribution is 7.09. The summed E-state index contributed by atoms with van der Waals surface area (Å²) in [4.78, 5) is 8.79. The fourth-order valence-corrected chi connectivity index (χ4v) is 2.32. The zero-order valence-electron chi connectivity index (χ0n) is 10.4. The van der Waals surface area contributed by atoms with E-state index in [4.69, 9.17) is 5.73 Å². The van der Waals surface area contributed by atoms with Gasteiger partial charge in [0, 0.05) is 16.8 Å². The first-order chi connectivity index (χ1) is 8.65. The number of hydrogen-bond acceptors (Lipinski definition) is 3. The number of hydrogen-bond donors (Lipinski definition) is 2. The number of aryl methyl sites for hydroxylation is 1. The van der Waals surface area contributed by atoms with Crippen molar-refractivity contribution >= 4 is 23.0 Å². The van der Waals surface area contributed by atoms with Crippen molar-refractivity contribution in [2.75, 3.05) is 5.32 Å². The van der Waals surface area contributed by atoms with Gasteiger partial charge in [0.05, 0.1) is 0 Å². The van der Waals surface area contributed by atoms with E-state index in [-0.39, 0.29) is 6.04 Å². The smallest absolute Gasteiger partial charge is 0.193 e. The summed E-state index contributed by atoms with van der Waals surface area (Å²) in [6, 6.07) is 9.72. The highest BCUT2D eigenvalue weighted by atomic mass is 32.1. The monoisotopic (exact) mass is 260 g/mol. The van der Waals surface area contributed by atoms with Crippen LogP contribution in [0.5, 0.6) is 0 Å². The van der Waals surface area contributed by atoms with Gasteiger partial charge in [-0.15, -0.1) is 11.3 Å². The van der Waals surface area contributed by atoms with Crippen molar-refractivity contribution in [3.05, 3.63) is 46.4 Å². The number of guanidine groups is 1. The normalized spacial score (nSPS) is 13.3. The number of para-hydroxylation sites is 1. The van der Waals surface area contributed by atoms with Crippen LogP contribution in [0.4, 0.5) is 5.69 Å². The molecule has 0 aliphatic rings. The number of anilines is 1. The highest BCUT2D eigenvalue weighted by Crippen LogP contribution is 2.20. The van der Waals surface area contributed by atoms with E-state index in [0.29, 0.717) is 5.96 Å². The van der Waals surface area contributed by atoms with Crippen molar-refractivity contribution in [1.82, 2.24) is 4.98 Å². The summed E-state index contributed by atoms with van der Waals surface area (Å²) in [7, 11) is 0. The van der Waals surface area contributed by atoms with Gasteiger partial charge in [-0.1, -0.05) is 18.2 Å². The third-order valence-electron chi connectivity index (χ3n) is 2.37. The fraction of sp³-hybridized carbons (Fsp3) is 0.231. The van der Waals surface area contributed by atoms with Crippen molar-refractivity contribution in [3.63, 3.8) is 0 Å². The summed E-state index contributed by atoms with van der Waals surface area (Å²) in [5.41, 5.74) is 7.82. The molecule has 0 spiro atoms. The first-order valence-electron chi connectivity index (χ1n) is 5.72. The van der Waals surface area contributed by atoms with Gasteiger partial charge in [-0.05, 0) is 26.0 Å². The summed E-state index contributed by atoms with van der Waals surface area (Å²) in [5, 5.41) is 6.05. The van der Waals surface area contributed by atoms with Crippen LogP contribution in [0, 0.1) is 6.92 Å². The number of nitrogens with one attached hydrogen (secondary N) is 1. The number of nitrogens with two attached hydrogens (primary N) is 1. The molecular formula is C13H16N4S. The van der Waals surface area contributed by atoms with E-state index < -0.39 is 0 Å². The number of nitrogens with zero attached hydrogens (tertiary/aromatic N) is 2. The maximum Gasteiger partial charge on any atom is 0.193 e. The van der Waals surface area contributed by atoms with Crippen LogP contribution in [0.3, 0.4) is 0 Å². The molecule has 0 saturated carbocycles. The lowest BCUT2D eigenvalue weighted by Crippen LogP contribution is -2.23. The lowest BCUT2D eigenvalue weighted by atomic mass is 10.3. The standard InChI is InChI=1S/C13H16N4S/c1-9-8-18-12(15-9)10(2)16-13(14)17-11-6-4-3-5-7-11/h3-8,10H,1-2H3,(H3,14,16,17). The molecule has 0 fully saturated rings. The lowest BCUT2D eigenvalue weighted by molar-refractivity contribution is 0.802. The van der Waals surface area contributed by atoms with Gasteiger partial charge >= 0.3 is 0 Å². The van der Waals surface area contributed by atoms with Gasteiger partial charge in [0.15, 0.2) is 5.96 Å². The first-order valence-corrected chi connectivity index (χ1v) is 6.60. The molecule has 0 radical (unpaired) electrons. The van der Waals surface area contributed by atoms with Crippen LogP contribution in [0.1, 0.15) is 23.7 Å². The number of rotatable bonds is 3. The average Bonchev–Trinajstić information content (AvgIpc) is 2.77. The molecular weight excluding hydrogens is 244 g/mol. The zero-order chi connectivity index (χ0) is 13.0. The molecule has 18 heavy (non-hydrogen) atoms. The molecule has 5 heteroatoms. The molecule has 1 atom stereocenters. The highest BCUT2D eigenvalue weighted by Gasteiger charge is 2.08. The van der Waals surface area contributed by atoms with Crippen LogP contribution >= 0.6 is 11.3 Å². The zero-order valence-corrected chi connectivity index (χ0v) is 11.2. The molecule has 0 amide bonds. The third kappa shape index (κ3) is 3.30. The van der Waals surface area contributed by atoms with Crippen molar-refractivity contribution in [3.8, 4) is 0 Å². The molecule has 1 unspecified atom stereocenters. The van der Waals surface area contributed by atoms with Gasteiger partial charge in [-0.3, -0.25) is 0 Å². The van der Waals surface area contributed by atoms with E-state index in [0.717, 1.165) is 16.4 Å². The summed E-state index contributed by atoms with van der Waals surface area (Å²) in [6.07, 6.45) is 0. The van der Waals surface area contributed by atoms with Gasteiger partial charge in [-0.25, -0.2) is 9.98 Å². The minimum Gasteiger partial charge on any atom is -0.370 e. The Morgan fingerprint density at radius 2 is 2.11 bits per heavy atom. The second-order valence-electron chi connectivity index (χ2n) is 4.01. The maximum absolute atomic E-state index is 5.87. The lowest BCUT2D eigenvalue weighted by Gasteiger charge is -2.07. The Kier molecular flexibility index (Phi) is 3.94. The Bertz CT molecular complexity index is 533. The quantitative estimate of drug-likeness (QED) is 0.659. The molecule has 2 aromatic rings. The molecule has 0 saturated heterocycles. The number of thiazole rings is 1. The van der Waals surface area contributed by atoms with Gasteiger partial charge < -0.3 is 11.1 Å². The Morgan fingerprint density at radius 3 is 2.72 bits per heavy atom. The molecule has 4 nitrogen and oxygen atoms in total. The number of aromatic nitrogens is 1. The minimum atomic E-state index is -0.0279. The molecule has 0 bridgehead atoms. The summed E-state index contributed by atoms with van der Waals surface area (Å²) in [6.45, 7) is 3.96. The number of benzene rings is 1. The van der Waals surface area contributed by atoms with E-state index in [9.17, 15) is 0 Å². The summed E-state index contributed by atoms with van der Waals surface area (Å²) >= 11 is 1.60. The van der Waals surface area contributed by atoms with Crippen molar-refractivity contribution in [2.24, 2.45) is 10.7 Å². The van der Waals surface area contributed by atoms with Gasteiger partial charge in [0.25, 0.3) is 0 Å². The van der Waals surface area contributed by atoms with Gasteiger partial charge in [0.1, 0.15) is 11.0 Å². The fourth-order valence-electron chi connectivity index (χ4n) is 1.53. The van der Waals surface area contributed by atoms with Crippen molar-refractivity contribution < 1.29 is 0 Å². The van der Waals surface area contributed by atoms with Crippen LogP contribution in [-0.4, -0.2) is 10.9 Å². The molecule has 1 aromatic carbocycles. The second-order valence-corrected chi connectivity index (χ2v) is 4.90. The first kappa shape index (κ1) is 12.6. The van der Waals surface area contributed by atoms with E-state index >= 15 is 0 Å². The van der Waals surface area contributed by atoms with Crippen LogP contribution in [0.25, 0.3) is 0 Å². The summed E-state index contributed by atoms with van der Waals surface area (Å²) < 4.78 is 0. The van der Waals surface area contributed by atoms with E-state index in [1.165, 1.54) is 0 Å². The second kappa shape index (κ2) is 5.64. The van der Waals surface area contributed by atoms with Crippen LogP contribution < -0.4 is 11.1 Å². The molecule has 0 aliphatic carbocycles. The maximum atomic E-state index is 5.87. The minimum absolute atomic E-state index is 0.0279. The molecule has 2 rings (SSSR count). The SMILES string of the molecule is Cc1csc(C(C)N=C(N)Nc2ccccc2)n1. The van der Waals surface area contributed by atoms with Crippen LogP contribution in [0.15, 0.2) is 40.7 Å². The molecule has 3 N–H and O–H groups in total. The average molecular weight is 260 g/mol. The van der Waals surface area contributed by atoms with E-state index in [2.05, 4.69) is 15.3 Å². The van der Waals surface area contributed by atoms with E-state index in [1.807, 2.05) is 49.6 Å². The topological polar surface area (TPSA) is 63.3 Å². The molecule has 94 valence electrons. The predicted molar refractivity (Wildman–Crippen MR) is 77.0 cm³/mol. The summed E-state index contributed by atoms with van der Waals surface area (Å²) in [5.74, 6) is 0.404. The molecule has 1 heterocycles. The van der Waals surface area contributed by atoms with Crippen molar-refractivity contribution in [1.29, 1.82) is 0 Å².